The molecule has 2 aromatic carbocycles. The van der Waals surface area contributed by atoms with Gasteiger partial charge in [-0.15, -0.1) is 4.80 Å². The van der Waals surface area contributed by atoms with Crippen LogP contribution < -0.4 is 5.32 Å². The van der Waals surface area contributed by atoms with E-state index >= 15 is 0 Å². The third-order valence-electron chi connectivity index (χ3n) is 6.10. The number of carbonyl (C=O) groups excluding carboxylic acids is 1. The Labute approximate surface area is 192 Å². The second kappa shape index (κ2) is 8.81. The molecule has 0 spiro atoms. The summed E-state index contributed by atoms with van der Waals surface area (Å²) in [6, 6.07) is 5.74. The minimum Gasteiger partial charge on any atom is -0.423 e. The number of likely N-dealkylation sites (tertiary alicyclic amines) is 1. The van der Waals surface area contributed by atoms with Gasteiger partial charge >= 0.3 is 0 Å². The molecule has 176 valence electrons. The molecule has 11 heteroatoms. The predicted molar refractivity (Wildman–Crippen MR) is 117 cm³/mol. The standard InChI is InChI=1S/C23H21F3N6O2/c1-13-3-2-10-31(18(13)12-27-23-30-17-7-4-14(24)11-19(17)34-23)22(33)20-15(25)5-6-16(26)21(20)32-28-8-9-29-32/h4-9,11,13,18H,2-3,10,12H2,1H3,(H,27,30). The Morgan fingerprint density at radius 2 is 1.91 bits per heavy atom. The van der Waals surface area contributed by atoms with E-state index in [2.05, 4.69) is 20.5 Å². The first kappa shape index (κ1) is 21.9. The van der Waals surface area contributed by atoms with Crippen molar-refractivity contribution in [1.82, 2.24) is 24.9 Å². The molecule has 0 saturated carbocycles. The third-order valence-corrected chi connectivity index (χ3v) is 6.10. The van der Waals surface area contributed by atoms with Crippen LogP contribution in [0.5, 0.6) is 0 Å². The Kier molecular flexibility index (Phi) is 5.68. The van der Waals surface area contributed by atoms with Crippen LogP contribution in [0.15, 0.2) is 47.1 Å². The summed E-state index contributed by atoms with van der Waals surface area (Å²) in [5.41, 5.74) is 0.0330. The summed E-state index contributed by atoms with van der Waals surface area (Å²) in [6.45, 7) is 2.62. The zero-order valence-corrected chi connectivity index (χ0v) is 18.2. The predicted octanol–water partition coefficient (Wildman–Crippen LogP) is 4.18. The summed E-state index contributed by atoms with van der Waals surface area (Å²) in [5, 5.41) is 10.8. The number of fused-ring (bicyclic) bond motifs is 1. The van der Waals surface area contributed by atoms with Crippen molar-refractivity contribution >= 4 is 23.0 Å². The molecular weight excluding hydrogens is 449 g/mol. The van der Waals surface area contributed by atoms with Gasteiger partial charge in [0.2, 0.25) is 0 Å². The molecule has 0 aliphatic carbocycles. The first-order valence-corrected chi connectivity index (χ1v) is 10.9. The zero-order valence-electron chi connectivity index (χ0n) is 18.2. The van der Waals surface area contributed by atoms with E-state index in [1.54, 1.807) is 0 Å². The van der Waals surface area contributed by atoms with Crippen molar-refractivity contribution in [2.24, 2.45) is 5.92 Å². The van der Waals surface area contributed by atoms with Crippen molar-refractivity contribution in [2.75, 3.05) is 18.4 Å². The van der Waals surface area contributed by atoms with Crippen molar-refractivity contribution in [1.29, 1.82) is 0 Å². The first-order chi connectivity index (χ1) is 16.4. The van der Waals surface area contributed by atoms with E-state index in [1.165, 1.54) is 35.5 Å². The van der Waals surface area contributed by atoms with Crippen LogP contribution in [-0.2, 0) is 0 Å². The molecule has 8 nitrogen and oxygen atoms in total. The van der Waals surface area contributed by atoms with Gasteiger partial charge in [-0.2, -0.15) is 15.2 Å². The lowest BCUT2D eigenvalue weighted by molar-refractivity contribution is 0.0533. The Morgan fingerprint density at radius 3 is 2.71 bits per heavy atom. The Hall–Kier alpha value is -3.89. The van der Waals surface area contributed by atoms with E-state index < -0.39 is 28.9 Å². The van der Waals surface area contributed by atoms with Crippen LogP contribution in [0.4, 0.5) is 19.2 Å². The monoisotopic (exact) mass is 470 g/mol. The van der Waals surface area contributed by atoms with Crippen molar-refractivity contribution < 1.29 is 22.4 Å². The molecule has 2 aromatic heterocycles. The molecule has 3 heterocycles. The molecule has 1 amide bonds. The molecule has 4 aromatic rings. The number of benzene rings is 2. The molecule has 0 radical (unpaired) electrons. The number of hydrogen-bond donors (Lipinski definition) is 1. The molecule has 2 unspecified atom stereocenters. The van der Waals surface area contributed by atoms with Crippen LogP contribution >= 0.6 is 0 Å². The normalized spacial score (nSPS) is 18.4. The molecular formula is C23H21F3N6O2. The van der Waals surface area contributed by atoms with Gasteiger partial charge in [0.25, 0.3) is 11.9 Å². The minimum atomic E-state index is -0.857. The highest BCUT2D eigenvalue weighted by Gasteiger charge is 2.36. The van der Waals surface area contributed by atoms with E-state index in [0.29, 0.717) is 17.6 Å². The number of amides is 1. The summed E-state index contributed by atoms with van der Waals surface area (Å²) >= 11 is 0. The number of carbonyl (C=O) groups is 1. The van der Waals surface area contributed by atoms with Crippen molar-refractivity contribution in [2.45, 2.75) is 25.8 Å². The second-order valence-corrected chi connectivity index (χ2v) is 8.27. The first-order valence-electron chi connectivity index (χ1n) is 10.9. The van der Waals surface area contributed by atoms with Crippen LogP contribution in [0, 0.1) is 23.4 Å². The summed E-state index contributed by atoms with van der Waals surface area (Å²) in [6.07, 6.45) is 4.22. The molecule has 1 N–H and O–H groups in total. The van der Waals surface area contributed by atoms with Crippen LogP contribution in [0.1, 0.15) is 30.1 Å². The van der Waals surface area contributed by atoms with E-state index in [-0.39, 0.29) is 30.2 Å². The molecule has 0 bridgehead atoms. The van der Waals surface area contributed by atoms with Crippen molar-refractivity contribution in [3.63, 3.8) is 0 Å². The van der Waals surface area contributed by atoms with Gasteiger partial charge in [-0.25, -0.2) is 13.2 Å². The lowest BCUT2D eigenvalue weighted by atomic mass is 9.90. The van der Waals surface area contributed by atoms with Gasteiger partial charge in [-0.1, -0.05) is 6.92 Å². The molecule has 5 rings (SSSR count). The number of hydrogen-bond acceptors (Lipinski definition) is 6. The Balaban J connectivity index is 1.44. The SMILES string of the molecule is CC1CCCN(C(=O)c2c(F)ccc(F)c2-n2nccn2)C1CNc1nc2ccc(F)cc2o1. The molecule has 34 heavy (non-hydrogen) atoms. The number of oxazole rings is 1. The lowest BCUT2D eigenvalue weighted by Gasteiger charge is -2.40. The molecule has 1 aliphatic rings. The van der Waals surface area contributed by atoms with Crippen LogP contribution in [0.2, 0.25) is 0 Å². The Bertz CT molecular complexity index is 1340. The lowest BCUT2D eigenvalue weighted by Crippen LogP contribution is -2.51. The van der Waals surface area contributed by atoms with Gasteiger partial charge in [0, 0.05) is 19.2 Å². The van der Waals surface area contributed by atoms with Crippen LogP contribution in [0.3, 0.4) is 0 Å². The van der Waals surface area contributed by atoms with Crippen molar-refractivity contribution in [3.05, 3.63) is 65.7 Å². The Morgan fingerprint density at radius 1 is 1.15 bits per heavy atom. The summed E-state index contributed by atoms with van der Waals surface area (Å²) in [5.74, 6) is -2.69. The fourth-order valence-electron chi connectivity index (χ4n) is 4.39. The molecule has 1 saturated heterocycles. The molecule has 1 fully saturated rings. The number of rotatable bonds is 5. The average Bonchev–Trinajstić information content (AvgIpc) is 3.48. The number of halogens is 3. The number of piperidine rings is 1. The van der Waals surface area contributed by atoms with E-state index in [0.717, 1.165) is 29.8 Å². The van der Waals surface area contributed by atoms with Gasteiger partial charge in [0.05, 0.1) is 18.4 Å². The van der Waals surface area contributed by atoms with Gasteiger partial charge in [-0.3, -0.25) is 4.79 Å². The minimum absolute atomic E-state index is 0.0647. The van der Waals surface area contributed by atoms with Crippen LogP contribution in [0.25, 0.3) is 16.8 Å². The van der Waals surface area contributed by atoms with Gasteiger partial charge in [0.1, 0.15) is 28.4 Å². The highest BCUT2D eigenvalue weighted by Crippen LogP contribution is 2.29. The fourth-order valence-corrected chi connectivity index (χ4v) is 4.39. The van der Waals surface area contributed by atoms with E-state index in [1.807, 2.05) is 6.92 Å². The van der Waals surface area contributed by atoms with Gasteiger partial charge < -0.3 is 14.6 Å². The number of nitrogens with zero attached hydrogens (tertiary/aromatic N) is 5. The summed E-state index contributed by atoms with van der Waals surface area (Å²) in [4.78, 5) is 20.3. The maximum absolute atomic E-state index is 14.9. The van der Waals surface area contributed by atoms with Crippen molar-refractivity contribution in [3.8, 4) is 5.69 Å². The van der Waals surface area contributed by atoms with Gasteiger partial charge in [-0.05, 0) is 43.0 Å². The zero-order chi connectivity index (χ0) is 23.8. The van der Waals surface area contributed by atoms with E-state index in [9.17, 15) is 18.0 Å². The maximum atomic E-state index is 14.9. The largest absolute Gasteiger partial charge is 0.423 e. The highest BCUT2D eigenvalue weighted by atomic mass is 19.1. The fraction of sp³-hybridized carbons (Fsp3) is 0.304. The average molecular weight is 470 g/mol. The smallest absolute Gasteiger partial charge is 0.295 e. The second-order valence-electron chi connectivity index (χ2n) is 8.27. The number of nitrogens with one attached hydrogen (secondary N) is 1. The maximum Gasteiger partial charge on any atom is 0.295 e. The van der Waals surface area contributed by atoms with Crippen LogP contribution in [-0.4, -0.2) is 49.9 Å². The van der Waals surface area contributed by atoms with E-state index in [4.69, 9.17) is 4.42 Å². The number of anilines is 1. The molecule has 1 aliphatic heterocycles. The number of aromatic nitrogens is 4. The van der Waals surface area contributed by atoms with Gasteiger partial charge in [0.15, 0.2) is 11.4 Å². The molecule has 2 atom stereocenters. The highest BCUT2D eigenvalue weighted by molar-refractivity contribution is 5.98. The summed E-state index contributed by atoms with van der Waals surface area (Å²) in [7, 11) is 0. The summed E-state index contributed by atoms with van der Waals surface area (Å²) < 4.78 is 48.6. The quantitative estimate of drug-likeness (QED) is 0.471. The topological polar surface area (TPSA) is 89.1 Å². The third kappa shape index (κ3) is 3.97.